The summed E-state index contributed by atoms with van der Waals surface area (Å²) in [5.74, 6) is -1.12. The SMILES string of the molecule is Cc1cc(C)c(S(=O)(=O)N2CCCO[C@@H]2CNC(=O)C(=O)NCCC(C)C)c(C)c1. The van der Waals surface area contributed by atoms with E-state index in [9.17, 15) is 18.0 Å². The van der Waals surface area contributed by atoms with Crippen molar-refractivity contribution in [3.8, 4) is 0 Å². The molecule has 0 aliphatic carbocycles. The molecule has 1 atom stereocenters. The van der Waals surface area contributed by atoms with Crippen molar-refractivity contribution in [2.24, 2.45) is 5.92 Å². The van der Waals surface area contributed by atoms with E-state index in [4.69, 9.17) is 4.74 Å². The maximum absolute atomic E-state index is 13.4. The van der Waals surface area contributed by atoms with Gasteiger partial charge in [0.05, 0.1) is 18.0 Å². The third kappa shape index (κ3) is 6.02. The number of hydrogen-bond donors (Lipinski definition) is 2. The highest BCUT2D eigenvalue weighted by molar-refractivity contribution is 7.89. The number of ether oxygens (including phenoxy) is 1. The standard InChI is InChI=1S/C21H33N3O5S/c1-14(2)7-8-22-20(25)21(26)23-13-18-24(9-6-10-29-18)30(27,28)19-16(4)11-15(3)12-17(19)5/h11-12,14,18H,6-10,13H2,1-5H3,(H,22,25)(H,23,26)/t18-/m1/s1. The summed E-state index contributed by atoms with van der Waals surface area (Å²) in [5, 5.41) is 5.07. The van der Waals surface area contributed by atoms with E-state index in [-0.39, 0.29) is 18.0 Å². The second-order valence-corrected chi connectivity index (χ2v) is 10.00. The van der Waals surface area contributed by atoms with Crippen molar-refractivity contribution in [1.82, 2.24) is 14.9 Å². The molecule has 0 spiro atoms. The Morgan fingerprint density at radius 3 is 2.33 bits per heavy atom. The first-order valence-corrected chi connectivity index (χ1v) is 11.8. The first-order valence-electron chi connectivity index (χ1n) is 10.3. The van der Waals surface area contributed by atoms with Crippen LogP contribution in [0.4, 0.5) is 0 Å². The lowest BCUT2D eigenvalue weighted by atomic mass is 10.1. The molecule has 1 saturated heterocycles. The molecule has 168 valence electrons. The van der Waals surface area contributed by atoms with Gasteiger partial charge in [0.25, 0.3) is 0 Å². The van der Waals surface area contributed by atoms with Crippen LogP contribution in [0.25, 0.3) is 0 Å². The molecule has 1 fully saturated rings. The minimum absolute atomic E-state index is 0.0976. The molecule has 0 saturated carbocycles. The van der Waals surface area contributed by atoms with Gasteiger partial charge in [-0.25, -0.2) is 8.42 Å². The number of carbonyl (C=O) groups is 2. The lowest BCUT2D eigenvalue weighted by Crippen LogP contribution is -2.53. The van der Waals surface area contributed by atoms with Gasteiger partial charge in [0, 0.05) is 13.1 Å². The number of sulfonamides is 1. The fourth-order valence-corrected chi connectivity index (χ4v) is 5.59. The van der Waals surface area contributed by atoms with Crippen molar-refractivity contribution in [2.75, 3.05) is 26.2 Å². The maximum atomic E-state index is 13.4. The Bertz CT molecular complexity index is 860. The summed E-state index contributed by atoms with van der Waals surface area (Å²) in [6, 6.07) is 3.67. The molecule has 1 aliphatic rings. The van der Waals surface area contributed by atoms with Gasteiger partial charge in [-0.2, -0.15) is 4.31 Å². The van der Waals surface area contributed by atoms with Crippen molar-refractivity contribution >= 4 is 21.8 Å². The number of carbonyl (C=O) groups excluding carboxylic acids is 2. The zero-order chi connectivity index (χ0) is 22.5. The fourth-order valence-electron chi connectivity index (χ4n) is 3.61. The summed E-state index contributed by atoms with van der Waals surface area (Å²) < 4.78 is 33.7. The van der Waals surface area contributed by atoms with Gasteiger partial charge in [-0.15, -0.1) is 0 Å². The molecule has 1 aliphatic heterocycles. The van der Waals surface area contributed by atoms with Gasteiger partial charge in [0.15, 0.2) is 0 Å². The molecule has 2 rings (SSSR count). The highest BCUT2D eigenvalue weighted by Crippen LogP contribution is 2.28. The lowest BCUT2D eigenvalue weighted by molar-refractivity contribution is -0.140. The number of benzene rings is 1. The summed E-state index contributed by atoms with van der Waals surface area (Å²) in [6.45, 7) is 10.5. The largest absolute Gasteiger partial charge is 0.360 e. The predicted molar refractivity (Wildman–Crippen MR) is 114 cm³/mol. The second kappa shape index (κ2) is 10.4. The van der Waals surface area contributed by atoms with Gasteiger partial charge in [-0.1, -0.05) is 31.5 Å². The Hall–Kier alpha value is -1.97. The molecular formula is C21H33N3O5S. The molecule has 1 aromatic rings. The van der Waals surface area contributed by atoms with Crippen molar-refractivity contribution < 1.29 is 22.7 Å². The fraction of sp³-hybridized carbons (Fsp3) is 0.619. The van der Waals surface area contributed by atoms with E-state index >= 15 is 0 Å². The average molecular weight is 440 g/mol. The van der Waals surface area contributed by atoms with Gasteiger partial charge in [-0.3, -0.25) is 9.59 Å². The molecule has 30 heavy (non-hydrogen) atoms. The van der Waals surface area contributed by atoms with E-state index < -0.39 is 28.1 Å². The number of rotatable bonds is 7. The van der Waals surface area contributed by atoms with E-state index in [0.717, 1.165) is 12.0 Å². The van der Waals surface area contributed by atoms with Crippen LogP contribution < -0.4 is 10.6 Å². The normalized spacial score (nSPS) is 17.7. The summed E-state index contributed by atoms with van der Waals surface area (Å²) in [4.78, 5) is 24.3. The average Bonchev–Trinajstić information content (AvgIpc) is 2.64. The summed E-state index contributed by atoms with van der Waals surface area (Å²) in [6.07, 6.45) is 0.464. The number of nitrogens with one attached hydrogen (secondary N) is 2. The molecule has 0 aromatic heterocycles. The minimum atomic E-state index is -3.82. The van der Waals surface area contributed by atoms with Crippen LogP contribution in [-0.2, 0) is 24.3 Å². The van der Waals surface area contributed by atoms with Crippen molar-refractivity contribution in [1.29, 1.82) is 0 Å². The quantitative estimate of drug-likeness (QED) is 0.629. The Labute approximate surface area is 179 Å². The summed E-state index contributed by atoms with van der Waals surface area (Å²) in [7, 11) is -3.82. The van der Waals surface area contributed by atoms with E-state index in [2.05, 4.69) is 10.6 Å². The van der Waals surface area contributed by atoms with Crippen LogP contribution in [-0.4, -0.2) is 57.0 Å². The molecule has 2 amide bonds. The van der Waals surface area contributed by atoms with Gasteiger partial charge in [0.1, 0.15) is 6.23 Å². The zero-order valence-corrected chi connectivity index (χ0v) is 19.3. The summed E-state index contributed by atoms with van der Waals surface area (Å²) >= 11 is 0. The Kier molecular flexibility index (Phi) is 8.40. The number of hydrogen-bond acceptors (Lipinski definition) is 5. The van der Waals surface area contributed by atoms with Crippen LogP contribution in [0.1, 0.15) is 43.4 Å². The van der Waals surface area contributed by atoms with Crippen LogP contribution in [0.2, 0.25) is 0 Å². The number of nitrogens with zero attached hydrogens (tertiary/aromatic N) is 1. The lowest BCUT2D eigenvalue weighted by Gasteiger charge is -2.35. The Morgan fingerprint density at radius 1 is 1.13 bits per heavy atom. The minimum Gasteiger partial charge on any atom is -0.360 e. The molecule has 0 radical (unpaired) electrons. The van der Waals surface area contributed by atoms with Crippen molar-refractivity contribution in [3.63, 3.8) is 0 Å². The predicted octanol–water partition coefficient (Wildman–Crippen LogP) is 1.63. The van der Waals surface area contributed by atoms with Gasteiger partial charge >= 0.3 is 11.8 Å². The maximum Gasteiger partial charge on any atom is 0.309 e. The molecule has 1 aromatic carbocycles. The van der Waals surface area contributed by atoms with Crippen LogP contribution in [0.3, 0.4) is 0 Å². The second-order valence-electron chi connectivity index (χ2n) is 8.17. The molecule has 0 unspecified atom stereocenters. The van der Waals surface area contributed by atoms with Crippen molar-refractivity contribution in [3.05, 3.63) is 28.8 Å². The van der Waals surface area contributed by atoms with Crippen LogP contribution in [0.5, 0.6) is 0 Å². The van der Waals surface area contributed by atoms with E-state index in [1.165, 1.54) is 4.31 Å². The van der Waals surface area contributed by atoms with Crippen LogP contribution >= 0.6 is 0 Å². The molecule has 2 N–H and O–H groups in total. The van der Waals surface area contributed by atoms with Gasteiger partial charge in [-0.05, 0) is 50.7 Å². The van der Waals surface area contributed by atoms with E-state index in [1.54, 1.807) is 13.8 Å². The van der Waals surface area contributed by atoms with Gasteiger partial charge in [0.2, 0.25) is 10.0 Å². The first-order chi connectivity index (χ1) is 14.0. The smallest absolute Gasteiger partial charge is 0.309 e. The van der Waals surface area contributed by atoms with Crippen LogP contribution in [0, 0.1) is 26.7 Å². The highest BCUT2D eigenvalue weighted by atomic mass is 32.2. The topological polar surface area (TPSA) is 105 Å². The number of amides is 2. The zero-order valence-electron chi connectivity index (χ0n) is 18.4. The molecule has 0 bridgehead atoms. The van der Waals surface area contributed by atoms with Gasteiger partial charge < -0.3 is 15.4 Å². The highest BCUT2D eigenvalue weighted by Gasteiger charge is 2.36. The Balaban J connectivity index is 2.10. The molecule has 1 heterocycles. The van der Waals surface area contributed by atoms with Crippen LogP contribution in [0.15, 0.2) is 17.0 Å². The van der Waals surface area contributed by atoms with Crippen molar-refractivity contribution in [2.45, 2.75) is 58.6 Å². The Morgan fingerprint density at radius 2 is 1.73 bits per heavy atom. The third-order valence-electron chi connectivity index (χ3n) is 4.98. The molecular weight excluding hydrogens is 406 g/mol. The van der Waals surface area contributed by atoms with E-state index in [1.807, 2.05) is 32.9 Å². The molecule has 8 nitrogen and oxygen atoms in total. The molecule has 9 heteroatoms. The van der Waals surface area contributed by atoms with E-state index in [0.29, 0.717) is 36.6 Å². The first kappa shape index (κ1) is 24.3. The third-order valence-corrected chi connectivity index (χ3v) is 7.17. The summed E-state index contributed by atoms with van der Waals surface area (Å²) in [5.41, 5.74) is 2.34. The monoisotopic (exact) mass is 439 g/mol. The number of aryl methyl sites for hydroxylation is 3.